The van der Waals surface area contributed by atoms with Gasteiger partial charge in [0.1, 0.15) is 0 Å². The van der Waals surface area contributed by atoms with Gasteiger partial charge in [-0.05, 0) is 34.7 Å². The summed E-state index contributed by atoms with van der Waals surface area (Å²) < 4.78 is 37.2. The van der Waals surface area contributed by atoms with Crippen LogP contribution in [0.3, 0.4) is 0 Å². The van der Waals surface area contributed by atoms with Crippen molar-refractivity contribution in [3.63, 3.8) is 0 Å². The lowest BCUT2D eigenvalue weighted by molar-refractivity contribution is -0.0882. The Morgan fingerprint density at radius 1 is 1.00 bits per heavy atom. The van der Waals surface area contributed by atoms with E-state index in [9.17, 15) is 18.0 Å². The summed E-state index contributed by atoms with van der Waals surface area (Å²) in [6, 6.07) is 6.45. The molecule has 0 N–H and O–H groups in total. The van der Waals surface area contributed by atoms with Crippen LogP contribution in [0.25, 0.3) is 22.2 Å². The normalized spacial score (nSPS) is 11.8. The Morgan fingerprint density at radius 3 is 2.43 bits per heavy atom. The summed E-state index contributed by atoms with van der Waals surface area (Å²) in [7, 11) is 0. The number of thiophene rings is 1. The van der Waals surface area contributed by atoms with Crippen LogP contribution in [0.5, 0.6) is 0 Å². The van der Waals surface area contributed by atoms with Crippen LogP contribution in [0.1, 0.15) is 9.67 Å². The lowest BCUT2D eigenvalue weighted by Crippen LogP contribution is -2.21. The number of nitrogens with zero attached hydrogens (tertiary/aromatic N) is 2. The maximum atomic E-state index is 12.4. The Balaban J connectivity index is 2.00. The van der Waals surface area contributed by atoms with Gasteiger partial charge in [0.05, 0.1) is 15.9 Å². The molecule has 0 saturated heterocycles. The second-order valence-electron chi connectivity index (χ2n) is 4.29. The largest absolute Gasteiger partial charge is 0.455 e. The lowest BCUT2D eigenvalue weighted by atomic mass is 10.1. The Labute approximate surface area is 121 Å². The highest BCUT2D eigenvalue weighted by molar-refractivity contribution is 7.12. The van der Waals surface area contributed by atoms with Gasteiger partial charge in [-0.1, -0.05) is 6.07 Å². The minimum absolute atomic E-state index is 0.322. The third kappa shape index (κ3) is 2.64. The molecule has 0 aliphatic heterocycles. The number of carbonyl (C=O) groups excluding carboxylic acids is 1. The number of Topliss-reactive ketones (excluding diaryl/α,β-unsaturated/α-hetero) is 1. The Morgan fingerprint density at radius 2 is 1.71 bits per heavy atom. The van der Waals surface area contributed by atoms with Gasteiger partial charge in [0.15, 0.2) is 0 Å². The minimum Gasteiger partial charge on any atom is -0.283 e. The summed E-state index contributed by atoms with van der Waals surface area (Å²) in [6.45, 7) is 0. The molecule has 0 aliphatic rings. The summed E-state index contributed by atoms with van der Waals surface area (Å²) in [4.78, 5) is 19.1. The van der Waals surface area contributed by atoms with Crippen LogP contribution in [0, 0.1) is 0 Å². The van der Waals surface area contributed by atoms with E-state index >= 15 is 0 Å². The van der Waals surface area contributed by atoms with Gasteiger partial charge >= 0.3 is 6.18 Å². The highest BCUT2D eigenvalue weighted by Crippen LogP contribution is 2.31. The molecular formula is C14H7F3N2OS. The fourth-order valence-electron chi connectivity index (χ4n) is 1.89. The van der Waals surface area contributed by atoms with E-state index in [2.05, 4.69) is 9.97 Å². The Bertz CT molecular complexity index is 826. The number of ketones is 1. The van der Waals surface area contributed by atoms with Crippen molar-refractivity contribution >= 4 is 28.2 Å². The van der Waals surface area contributed by atoms with Crippen LogP contribution >= 0.6 is 11.3 Å². The summed E-state index contributed by atoms with van der Waals surface area (Å²) >= 11 is 0.779. The first-order valence-corrected chi connectivity index (χ1v) is 6.74. The first kappa shape index (κ1) is 13.7. The molecule has 3 rings (SSSR count). The van der Waals surface area contributed by atoms with E-state index in [1.807, 2.05) is 0 Å². The molecule has 0 bridgehead atoms. The molecule has 106 valence electrons. The number of rotatable bonds is 2. The fourth-order valence-corrected chi connectivity index (χ4v) is 2.77. The Hall–Kier alpha value is -2.28. The molecule has 0 saturated carbocycles. The van der Waals surface area contributed by atoms with Gasteiger partial charge in [-0.3, -0.25) is 14.8 Å². The van der Waals surface area contributed by atoms with E-state index in [1.54, 1.807) is 30.6 Å². The molecule has 0 radical (unpaired) electrons. The zero-order valence-corrected chi connectivity index (χ0v) is 11.2. The molecule has 0 spiro atoms. The zero-order chi connectivity index (χ0) is 15.0. The number of aromatic nitrogens is 2. The average Bonchev–Trinajstić information content (AvgIpc) is 2.94. The standard InChI is InChI=1S/C14H7F3N2OS/c15-14(16,17)13(20)12-6-9(7-21-12)8-1-2-10-11(5-8)19-4-3-18-10/h1-7H. The van der Waals surface area contributed by atoms with E-state index in [-0.39, 0.29) is 4.88 Å². The summed E-state index contributed by atoms with van der Waals surface area (Å²) in [6.07, 6.45) is -1.75. The van der Waals surface area contributed by atoms with Gasteiger partial charge in [0, 0.05) is 12.4 Å². The van der Waals surface area contributed by atoms with Gasteiger partial charge in [-0.2, -0.15) is 13.2 Å². The molecule has 3 aromatic rings. The van der Waals surface area contributed by atoms with Crippen molar-refractivity contribution in [2.24, 2.45) is 0 Å². The summed E-state index contributed by atoms with van der Waals surface area (Å²) in [5.74, 6) is -1.82. The zero-order valence-electron chi connectivity index (χ0n) is 10.4. The van der Waals surface area contributed by atoms with Crippen LogP contribution in [0.15, 0.2) is 42.0 Å². The topological polar surface area (TPSA) is 42.9 Å². The van der Waals surface area contributed by atoms with E-state index in [0.717, 1.165) is 11.3 Å². The van der Waals surface area contributed by atoms with E-state index in [4.69, 9.17) is 0 Å². The highest BCUT2D eigenvalue weighted by atomic mass is 32.1. The number of alkyl halides is 3. The third-order valence-corrected chi connectivity index (χ3v) is 3.81. The number of halogens is 3. The van der Waals surface area contributed by atoms with E-state index in [1.165, 1.54) is 11.4 Å². The van der Waals surface area contributed by atoms with E-state index in [0.29, 0.717) is 22.2 Å². The molecule has 0 atom stereocenters. The number of hydrogen-bond donors (Lipinski definition) is 0. The van der Waals surface area contributed by atoms with Crippen LogP contribution in [0.4, 0.5) is 13.2 Å². The molecule has 0 unspecified atom stereocenters. The van der Waals surface area contributed by atoms with Crippen molar-refractivity contribution in [1.29, 1.82) is 0 Å². The molecule has 1 aromatic carbocycles. The molecule has 21 heavy (non-hydrogen) atoms. The first-order chi connectivity index (χ1) is 9.95. The van der Waals surface area contributed by atoms with Gasteiger partial charge in [0.2, 0.25) is 0 Å². The third-order valence-electron chi connectivity index (χ3n) is 2.88. The van der Waals surface area contributed by atoms with Crippen molar-refractivity contribution in [3.8, 4) is 11.1 Å². The van der Waals surface area contributed by atoms with Gasteiger partial charge in [-0.15, -0.1) is 11.3 Å². The highest BCUT2D eigenvalue weighted by Gasteiger charge is 2.40. The van der Waals surface area contributed by atoms with Crippen molar-refractivity contribution in [1.82, 2.24) is 9.97 Å². The van der Waals surface area contributed by atoms with Crippen LogP contribution in [0.2, 0.25) is 0 Å². The van der Waals surface area contributed by atoms with Crippen LogP contribution in [-0.4, -0.2) is 21.9 Å². The number of hydrogen-bond acceptors (Lipinski definition) is 4. The number of benzene rings is 1. The van der Waals surface area contributed by atoms with Crippen molar-refractivity contribution in [3.05, 3.63) is 46.9 Å². The maximum Gasteiger partial charge on any atom is 0.455 e. The van der Waals surface area contributed by atoms with Gasteiger partial charge < -0.3 is 0 Å². The van der Waals surface area contributed by atoms with Gasteiger partial charge in [-0.25, -0.2) is 0 Å². The van der Waals surface area contributed by atoms with Gasteiger partial charge in [0.25, 0.3) is 5.78 Å². The van der Waals surface area contributed by atoms with Crippen molar-refractivity contribution in [2.45, 2.75) is 6.18 Å². The molecule has 0 fully saturated rings. The summed E-state index contributed by atoms with van der Waals surface area (Å²) in [5, 5.41) is 1.52. The smallest absolute Gasteiger partial charge is 0.283 e. The Kier molecular flexibility index (Phi) is 3.21. The minimum atomic E-state index is -4.85. The van der Waals surface area contributed by atoms with Crippen molar-refractivity contribution < 1.29 is 18.0 Å². The number of fused-ring (bicyclic) bond motifs is 1. The van der Waals surface area contributed by atoms with Crippen LogP contribution < -0.4 is 0 Å². The summed E-state index contributed by atoms with van der Waals surface area (Å²) in [5.41, 5.74) is 2.59. The molecular weight excluding hydrogens is 301 g/mol. The molecule has 7 heteroatoms. The SMILES string of the molecule is O=C(c1cc(-c2ccc3nccnc3c2)cs1)C(F)(F)F. The molecule has 0 aliphatic carbocycles. The predicted molar refractivity (Wildman–Crippen MR) is 73.2 cm³/mol. The van der Waals surface area contributed by atoms with E-state index < -0.39 is 12.0 Å². The second-order valence-corrected chi connectivity index (χ2v) is 5.20. The second kappa shape index (κ2) is 4.92. The maximum absolute atomic E-state index is 12.4. The van der Waals surface area contributed by atoms with Crippen molar-refractivity contribution in [2.75, 3.05) is 0 Å². The fraction of sp³-hybridized carbons (Fsp3) is 0.0714. The quantitative estimate of drug-likeness (QED) is 0.669. The van der Waals surface area contributed by atoms with Crippen LogP contribution in [-0.2, 0) is 0 Å². The molecule has 0 amide bonds. The average molecular weight is 308 g/mol. The first-order valence-electron chi connectivity index (χ1n) is 5.86. The molecule has 2 aromatic heterocycles. The lowest BCUT2D eigenvalue weighted by Gasteiger charge is -2.02. The predicted octanol–water partition coefficient (Wildman–Crippen LogP) is 4.10. The number of carbonyl (C=O) groups is 1. The molecule has 3 nitrogen and oxygen atoms in total. The monoisotopic (exact) mass is 308 g/mol. The molecule has 2 heterocycles.